The highest BCUT2D eigenvalue weighted by molar-refractivity contribution is 5.93. The third-order valence-corrected chi connectivity index (χ3v) is 5.11. The Balaban J connectivity index is 1.43. The van der Waals surface area contributed by atoms with Crippen molar-refractivity contribution in [3.8, 4) is 11.3 Å². The van der Waals surface area contributed by atoms with E-state index in [4.69, 9.17) is 4.52 Å². The van der Waals surface area contributed by atoms with E-state index >= 15 is 0 Å². The van der Waals surface area contributed by atoms with E-state index in [2.05, 4.69) is 15.5 Å². The molecule has 0 saturated carbocycles. The minimum Gasteiger partial charge on any atom is -0.355 e. The van der Waals surface area contributed by atoms with Crippen LogP contribution >= 0.6 is 0 Å². The van der Waals surface area contributed by atoms with Crippen molar-refractivity contribution in [3.05, 3.63) is 87.3 Å². The number of hydrogen-bond donors (Lipinski definition) is 2. The standard InChI is InChI=1S/C23H21N3O3/c1-14-8-9-17-12-18(22(27)25-21(17)15(14)2)10-11-24-23(28)19-13-20(29-26-19)16-6-4-3-5-7-16/h3-9,12-13H,10-11H2,1-2H3,(H,24,28)(H,25,27). The van der Waals surface area contributed by atoms with Crippen LogP contribution in [0, 0.1) is 13.8 Å². The fraction of sp³-hybridized carbons (Fsp3) is 0.174. The lowest BCUT2D eigenvalue weighted by Gasteiger charge is -2.08. The number of carbonyl (C=O) groups excluding carboxylic acids is 1. The Morgan fingerprint density at radius 1 is 1.10 bits per heavy atom. The first-order valence-electron chi connectivity index (χ1n) is 9.45. The van der Waals surface area contributed by atoms with E-state index < -0.39 is 0 Å². The summed E-state index contributed by atoms with van der Waals surface area (Å²) in [6.07, 6.45) is 0.424. The van der Waals surface area contributed by atoms with Crippen molar-refractivity contribution >= 4 is 16.8 Å². The zero-order valence-electron chi connectivity index (χ0n) is 16.3. The number of rotatable bonds is 5. The highest BCUT2D eigenvalue weighted by Gasteiger charge is 2.14. The molecule has 0 aliphatic heterocycles. The SMILES string of the molecule is Cc1ccc2cc(CCNC(=O)c3cc(-c4ccccc4)on3)c(=O)[nH]c2c1C. The van der Waals surface area contributed by atoms with Crippen LogP contribution in [0.25, 0.3) is 22.2 Å². The number of aromatic nitrogens is 2. The minimum atomic E-state index is -0.334. The number of nitrogens with one attached hydrogen (secondary N) is 2. The Morgan fingerprint density at radius 2 is 1.90 bits per heavy atom. The summed E-state index contributed by atoms with van der Waals surface area (Å²) in [7, 11) is 0. The molecule has 29 heavy (non-hydrogen) atoms. The summed E-state index contributed by atoms with van der Waals surface area (Å²) in [6, 6.07) is 17.0. The summed E-state index contributed by atoms with van der Waals surface area (Å²) >= 11 is 0. The van der Waals surface area contributed by atoms with Crippen LogP contribution in [0.15, 0.2) is 63.9 Å². The molecule has 146 valence electrons. The van der Waals surface area contributed by atoms with Gasteiger partial charge in [-0.15, -0.1) is 0 Å². The molecule has 6 nitrogen and oxygen atoms in total. The van der Waals surface area contributed by atoms with Crippen LogP contribution < -0.4 is 10.9 Å². The molecule has 0 unspecified atom stereocenters. The van der Waals surface area contributed by atoms with Crippen LogP contribution in [0.2, 0.25) is 0 Å². The fourth-order valence-corrected chi connectivity index (χ4v) is 3.28. The molecule has 0 spiro atoms. The van der Waals surface area contributed by atoms with Crippen molar-refractivity contribution in [3.63, 3.8) is 0 Å². The average Bonchev–Trinajstić information content (AvgIpc) is 3.23. The lowest BCUT2D eigenvalue weighted by Crippen LogP contribution is -2.27. The number of amides is 1. The number of carbonyl (C=O) groups is 1. The number of aromatic amines is 1. The number of nitrogens with zero attached hydrogens (tertiary/aromatic N) is 1. The Hall–Kier alpha value is -3.67. The number of H-pyrrole nitrogens is 1. The normalized spacial score (nSPS) is 11.0. The van der Waals surface area contributed by atoms with E-state index in [1.165, 1.54) is 0 Å². The molecular weight excluding hydrogens is 366 g/mol. The van der Waals surface area contributed by atoms with Gasteiger partial charge in [-0.05, 0) is 42.8 Å². The molecule has 0 aliphatic rings. The van der Waals surface area contributed by atoms with Gasteiger partial charge in [-0.2, -0.15) is 0 Å². The largest absolute Gasteiger partial charge is 0.355 e. The van der Waals surface area contributed by atoms with Crippen LogP contribution in [-0.2, 0) is 6.42 Å². The molecule has 0 aliphatic carbocycles. The van der Waals surface area contributed by atoms with Crippen LogP contribution in [0.1, 0.15) is 27.2 Å². The van der Waals surface area contributed by atoms with Gasteiger partial charge in [0.2, 0.25) is 0 Å². The van der Waals surface area contributed by atoms with Crippen molar-refractivity contribution < 1.29 is 9.32 Å². The molecule has 0 fully saturated rings. The van der Waals surface area contributed by atoms with Gasteiger partial charge in [-0.25, -0.2) is 0 Å². The maximum absolute atomic E-state index is 12.4. The molecule has 2 N–H and O–H groups in total. The van der Waals surface area contributed by atoms with Gasteiger partial charge in [-0.3, -0.25) is 9.59 Å². The second-order valence-electron chi connectivity index (χ2n) is 7.04. The Kier molecular flexibility index (Phi) is 4.99. The zero-order valence-corrected chi connectivity index (χ0v) is 16.3. The number of fused-ring (bicyclic) bond motifs is 1. The van der Waals surface area contributed by atoms with Crippen molar-refractivity contribution in [2.75, 3.05) is 6.54 Å². The Bertz CT molecular complexity index is 1240. The Labute approximate surface area is 167 Å². The van der Waals surface area contributed by atoms with Gasteiger partial charge < -0.3 is 14.8 Å². The van der Waals surface area contributed by atoms with E-state index in [0.29, 0.717) is 24.3 Å². The highest BCUT2D eigenvalue weighted by atomic mass is 16.5. The predicted octanol–water partition coefficient (Wildman–Crippen LogP) is 3.77. The molecular formula is C23H21N3O3. The van der Waals surface area contributed by atoms with Crippen molar-refractivity contribution in [1.82, 2.24) is 15.5 Å². The van der Waals surface area contributed by atoms with Gasteiger partial charge in [0.05, 0.1) is 5.52 Å². The van der Waals surface area contributed by atoms with E-state index in [1.807, 2.05) is 62.4 Å². The summed E-state index contributed by atoms with van der Waals surface area (Å²) in [6.45, 7) is 4.34. The van der Waals surface area contributed by atoms with Crippen LogP contribution in [-0.4, -0.2) is 22.6 Å². The van der Waals surface area contributed by atoms with Crippen LogP contribution in [0.3, 0.4) is 0 Å². The van der Waals surface area contributed by atoms with E-state index in [9.17, 15) is 9.59 Å². The van der Waals surface area contributed by atoms with E-state index in [1.54, 1.807) is 6.07 Å². The zero-order chi connectivity index (χ0) is 20.4. The number of pyridine rings is 1. The first-order valence-corrected chi connectivity index (χ1v) is 9.45. The third-order valence-electron chi connectivity index (χ3n) is 5.11. The molecule has 6 heteroatoms. The molecule has 0 atom stereocenters. The monoisotopic (exact) mass is 387 g/mol. The molecule has 0 bridgehead atoms. The second kappa shape index (κ2) is 7.75. The lowest BCUT2D eigenvalue weighted by atomic mass is 10.0. The second-order valence-corrected chi connectivity index (χ2v) is 7.04. The molecule has 0 radical (unpaired) electrons. The maximum Gasteiger partial charge on any atom is 0.273 e. The van der Waals surface area contributed by atoms with Crippen LogP contribution in [0.5, 0.6) is 0 Å². The summed E-state index contributed by atoms with van der Waals surface area (Å²) in [5.74, 6) is 0.201. The smallest absolute Gasteiger partial charge is 0.273 e. The molecule has 2 heterocycles. The van der Waals surface area contributed by atoms with Crippen molar-refractivity contribution in [2.45, 2.75) is 20.3 Å². The molecule has 2 aromatic heterocycles. The van der Waals surface area contributed by atoms with Gasteiger partial charge >= 0.3 is 0 Å². The predicted molar refractivity (Wildman–Crippen MR) is 112 cm³/mol. The fourth-order valence-electron chi connectivity index (χ4n) is 3.28. The van der Waals surface area contributed by atoms with Gasteiger partial charge in [-0.1, -0.05) is 47.6 Å². The summed E-state index contributed by atoms with van der Waals surface area (Å²) in [4.78, 5) is 27.7. The molecule has 4 rings (SSSR count). The summed E-state index contributed by atoms with van der Waals surface area (Å²) in [5, 5.41) is 7.62. The van der Waals surface area contributed by atoms with Gasteiger partial charge in [0.15, 0.2) is 11.5 Å². The van der Waals surface area contributed by atoms with Crippen LogP contribution in [0.4, 0.5) is 0 Å². The third kappa shape index (κ3) is 3.82. The lowest BCUT2D eigenvalue weighted by molar-refractivity contribution is 0.0945. The summed E-state index contributed by atoms with van der Waals surface area (Å²) < 4.78 is 5.26. The minimum absolute atomic E-state index is 0.131. The summed E-state index contributed by atoms with van der Waals surface area (Å²) in [5.41, 5.74) is 4.63. The molecule has 4 aromatic rings. The van der Waals surface area contributed by atoms with Gasteiger partial charge in [0, 0.05) is 23.7 Å². The number of hydrogen-bond acceptors (Lipinski definition) is 4. The average molecular weight is 387 g/mol. The molecule has 1 amide bonds. The Morgan fingerprint density at radius 3 is 2.69 bits per heavy atom. The number of aryl methyl sites for hydroxylation is 2. The molecule has 0 saturated heterocycles. The topological polar surface area (TPSA) is 88.0 Å². The maximum atomic E-state index is 12.4. The van der Waals surface area contributed by atoms with Gasteiger partial charge in [0.1, 0.15) is 0 Å². The van der Waals surface area contributed by atoms with Crippen molar-refractivity contribution in [1.29, 1.82) is 0 Å². The van der Waals surface area contributed by atoms with Crippen molar-refractivity contribution in [2.24, 2.45) is 0 Å². The first-order chi connectivity index (χ1) is 14.0. The quantitative estimate of drug-likeness (QED) is 0.546. The van der Waals surface area contributed by atoms with E-state index in [-0.39, 0.29) is 17.2 Å². The van der Waals surface area contributed by atoms with Gasteiger partial charge in [0.25, 0.3) is 11.5 Å². The first kappa shape index (κ1) is 18.7. The number of benzene rings is 2. The highest BCUT2D eigenvalue weighted by Crippen LogP contribution is 2.20. The van der Waals surface area contributed by atoms with E-state index in [0.717, 1.165) is 27.6 Å². The molecule has 2 aromatic carbocycles.